The molecule has 0 aromatic heterocycles. The first-order valence-electron chi connectivity index (χ1n) is 9.19. The summed E-state index contributed by atoms with van der Waals surface area (Å²) in [5.74, 6) is -2.93. The maximum atomic E-state index is 12.2. The van der Waals surface area contributed by atoms with E-state index in [2.05, 4.69) is 6.58 Å². The maximum absolute atomic E-state index is 12.2. The molecule has 3 aliphatic rings. The molecule has 1 spiro atoms. The van der Waals surface area contributed by atoms with E-state index < -0.39 is 46.5 Å². The lowest BCUT2D eigenvalue weighted by Crippen LogP contribution is -2.48. The van der Waals surface area contributed by atoms with Crippen molar-refractivity contribution in [1.29, 1.82) is 0 Å². The summed E-state index contributed by atoms with van der Waals surface area (Å²) in [4.78, 5) is 24.2. The monoisotopic (exact) mass is 364 g/mol. The summed E-state index contributed by atoms with van der Waals surface area (Å²) < 4.78 is 5.81. The molecule has 3 N–H and O–H groups in total. The minimum atomic E-state index is -1.11. The minimum Gasteiger partial charge on any atom is -0.481 e. The number of ether oxygens (including phenoxy) is 1. The Bertz CT molecular complexity index is 682. The SMILES string of the molecule is C=C1CC23CC1(O)CCC2C(/C=C\C(C)O)(OC(C)=O)C(C)C3C(=O)O. The number of hydrogen-bond donors (Lipinski definition) is 3. The van der Waals surface area contributed by atoms with Gasteiger partial charge in [-0.05, 0) is 49.7 Å². The number of fused-ring (bicyclic) bond motifs is 1. The molecule has 3 rings (SSSR count). The summed E-state index contributed by atoms with van der Waals surface area (Å²) in [6.45, 7) is 8.72. The molecule has 0 radical (unpaired) electrons. The van der Waals surface area contributed by atoms with Crippen LogP contribution in [-0.2, 0) is 14.3 Å². The fourth-order valence-corrected chi connectivity index (χ4v) is 6.13. The molecule has 3 aliphatic carbocycles. The van der Waals surface area contributed by atoms with Crippen molar-refractivity contribution in [2.75, 3.05) is 0 Å². The first-order valence-corrected chi connectivity index (χ1v) is 9.19. The van der Waals surface area contributed by atoms with Gasteiger partial charge in [0.05, 0.1) is 17.6 Å². The molecule has 7 atom stereocenters. The highest BCUT2D eigenvalue weighted by Gasteiger charge is 2.74. The van der Waals surface area contributed by atoms with E-state index in [0.717, 1.165) is 0 Å². The first kappa shape index (κ1) is 19.1. The Kier molecular flexibility index (Phi) is 4.36. The highest BCUT2D eigenvalue weighted by atomic mass is 16.6. The molecule has 3 saturated carbocycles. The number of aliphatic carboxylic acids is 1. The Labute approximate surface area is 153 Å². The zero-order valence-electron chi connectivity index (χ0n) is 15.6. The normalized spacial score (nSPS) is 45.6. The van der Waals surface area contributed by atoms with E-state index in [0.29, 0.717) is 31.3 Å². The van der Waals surface area contributed by atoms with Gasteiger partial charge in [-0.1, -0.05) is 19.6 Å². The van der Waals surface area contributed by atoms with Crippen LogP contribution < -0.4 is 0 Å². The molecule has 0 heterocycles. The lowest BCUT2D eigenvalue weighted by Gasteiger charge is -2.45. The smallest absolute Gasteiger partial charge is 0.307 e. The number of aliphatic hydroxyl groups is 2. The molecule has 6 heteroatoms. The number of hydrogen-bond acceptors (Lipinski definition) is 5. The van der Waals surface area contributed by atoms with Gasteiger partial charge in [0.15, 0.2) is 0 Å². The molecule has 0 aromatic rings. The van der Waals surface area contributed by atoms with Crippen molar-refractivity contribution in [2.45, 2.75) is 63.8 Å². The van der Waals surface area contributed by atoms with Gasteiger partial charge in [-0.3, -0.25) is 9.59 Å². The summed E-state index contributed by atoms with van der Waals surface area (Å²) in [5, 5.41) is 30.7. The Hall–Kier alpha value is -1.66. The van der Waals surface area contributed by atoms with Crippen LogP contribution in [0.2, 0.25) is 0 Å². The fraction of sp³-hybridized carbons (Fsp3) is 0.700. The molecular formula is C20H28O6. The van der Waals surface area contributed by atoms with E-state index >= 15 is 0 Å². The van der Waals surface area contributed by atoms with E-state index in [9.17, 15) is 24.9 Å². The molecule has 0 amide bonds. The second kappa shape index (κ2) is 5.92. The van der Waals surface area contributed by atoms with Gasteiger partial charge in [-0.25, -0.2) is 0 Å². The summed E-state index contributed by atoms with van der Waals surface area (Å²) in [6.07, 6.45) is 4.27. The van der Waals surface area contributed by atoms with Gasteiger partial charge in [0.1, 0.15) is 5.60 Å². The lowest BCUT2D eigenvalue weighted by atomic mass is 9.62. The standard InChI is InChI=1S/C20H28O6/c1-11-9-18-10-19(11,25)7-6-15(18)20(26-14(4)22,8-5-12(2)21)13(3)16(18)17(23)24/h5,8,12-13,15-16,21,25H,1,6-7,9-10H2,2-4H3,(H,23,24)/b8-5-. The highest BCUT2D eigenvalue weighted by molar-refractivity contribution is 5.74. The number of aliphatic hydroxyl groups excluding tert-OH is 1. The number of carbonyl (C=O) groups is 2. The van der Waals surface area contributed by atoms with E-state index in [1.54, 1.807) is 26.0 Å². The van der Waals surface area contributed by atoms with E-state index in [1.807, 2.05) is 0 Å². The van der Waals surface area contributed by atoms with Gasteiger partial charge in [0, 0.05) is 18.8 Å². The van der Waals surface area contributed by atoms with Gasteiger partial charge in [-0.15, -0.1) is 0 Å². The second-order valence-electron chi connectivity index (χ2n) is 8.46. The summed E-state index contributed by atoms with van der Waals surface area (Å²) in [5.41, 5.74) is -2.17. The van der Waals surface area contributed by atoms with Crippen LogP contribution in [0, 0.1) is 23.2 Å². The Morgan fingerprint density at radius 1 is 1.42 bits per heavy atom. The van der Waals surface area contributed by atoms with Crippen molar-refractivity contribution < 1.29 is 29.6 Å². The summed E-state index contributed by atoms with van der Waals surface area (Å²) in [7, 11) is 0. The van der Waals surface area contributed by atoms with E-state index in [1.165, 1.54) is 6.92 Å². The molecular weight excluding hydrogens is 336 g/mol. The molecule has 7 unspecified atom stereocenters. The largest absolute Gasteiger partial charge is 0.481 e. The third-order valence-electron chi connectivity index (χ3n) is 6.96. The zero-order valence-corrected chi connectivity index (χ0v) is 15.6. The molecule has 2 bridgehead atoms. The van der Waals surface area contributed by atoms with Crippen molar-refractivity contribution in [3.8, 4) is 0 Å². The average molecular weight is 364 g/mol. The molecule has 3 fully saturated rings. The van der Waals surface area contributed by atoms with Crippen LogP contribution in [0.3, 0.4) is 0 Å². The van der Waals surface area contributed by atoms with E-state index in [-0.39, 0.29) is 5.92 Å². The Morgan fingerprint density at radius 3 is 2.62 bits per heavy atom. The van der Waals surface area contributed by atoms with Crippen LogP contribution in [0.5, 0.6) is 0 Å². The maximum Gasteiger partial charge on any atom is 0.307 e. The van der Waals surface area contributed by atoms with Gasteiger partial charge >= 0.3 is 11.9 Å². The van der Waals surface area contributed by atoms with Crippen molar-refractivity contribution in [3.63, 3.8) is 0 Å². The predicted molar refractivity (Wildman–Crippen MR) is 94.1 cm³/mol. The lowest BCUT2D eigenvalue weighted by molar-refractivity contribution is -0.163. The van der Waals surface area contributed by atoms with Crippen LogP contribution in [0.1, 0.15) is 46.5 Å². The minimum absolute atomic E-state index is 0.246. The topological polar surface area (TPSA) is 104 Å². The van der Waals surface area contributed by atoms with Crippen molar-refractivity contribution in [3.05, 3.63) is 24.3 Å². The van der Waals surface area contributed by atoms with Crippen LogP contribution >= 0.6 is 0 Å². The Balaban J connectivity index is 2.19. The van der Waals surface area contributed by atoms with Crippen molar-refractivity contribution in [2.24, 2.45) is 23.2 Å². The summed E-state index contributed by atoms with van der Waals surface area (Å²) >= 11 is 0. The molecule has 6 nitrogen and oxygen atoms in total. The van der Waals surface area contributed by atoms with Crippen molar-refractivity contribution >= 4 is 11.9 Å². The molecule has 0 aliphatic heterocycles. The molecule has 144 valence electrons. The third kappa shape index (κ3) is 2.46. The van der Waals surface area contributed by atoms with Gasteiger partial charge in [-0.2, -0.15) is 0 Å². The summed E-state index contributed by atoms with van der Waals surface area (Å²) in [6, 6.07) is 0. The third-order valence-corrected chi connectivity index (χ3v) is 6.96. The first-order chi connectivity index (χ1) is 12.0. The number of carboxylic acid groups (broad SMARTS) is 1. The second-order valence-corrected chi connectivity index (χ2v) is 8.46. The highest BCUT2D eigenvalue weighted by Crippen LogP contribution is 2.72. The predicted octanol–water partition coefficient (Wildman–Crippen LogP) is 2.05. The number of carboxylic acids is 1. The number of carbonyl (C=O) groups excluding carboxylic acids is 1. The van der Waals surface area contributed by atoms with E-state index in [4.69, 9.17) is 4.74 Å². The van der Waals surface area contributed by atoms with Gasteiger partial charge < -0.3 is 20.1 Å². The van der Waals surface area contributed by atoms with Gasteiger partial charge in [0.25, 0.3) is 0 Å². The van der Waals surface area contributed by atoms with Crippen LogP contribution in [0.4, 0.5) is 0 Å². The van der Waals surface area contributed by atoms with Crippen molar-refractivity contribution in [1.82, 2.24) is 0 Å². The Morgan fingerprint density at radius 2 is 2.08 bits per heavy atom. The average Bonchev–Trinajstić information content (AvgIpc) is 2.81. The zero-order chi connectivity index (χ0) is 19.5. The van der Waals surface area contributed by atoms with Crippen LogP contribution in [0.15, 0.2) is 24.3 Å². The fourth-order valence-electron chi connectivity index (χ4n) is 6.13. The molecule has 26 heavy (non-hydrogen) atoms. The molecule has 0 saturated heterocycles. The quantitative estimate of drug-likeness (QED) is 0.521. The number of rotatable bonds is 4. The van der Waals surface area contributed by atoms with Gasteiger partial charge in [0.2, 0.25) is 0 Å². The van der Waals surface area contributed by atoms with Crippen LogP contribution in [0.25, 0.3) is 0 Å². The molecule has 0 aromatic carbocycles. The number of esters is 1. The van der Waals surface area contributed by atoms with Crippen LogP contribution in [-0.4, -0.2) is 44.6 Å².